The van der Waals surface area contributed by atoms with Crippen molar-refractivity contribution in [3.8, 4) is 0 Å². The summed E-state index contributed by atoms with van der Waals surface area (Å²) in [5.74, 6) is 0.944. The van der Waals surface area contributed by atoms with E-state index in [0.29, 0.717) is 12.3 Å². The van der Waals surface area contributed by atoms with Gasteiger partial charge in [0.2, 0.25) is 5.91 Å². The van der Waals surface area contributed by atoms with Crippen LogP contribution >= 0.6 is 11.9 Å². The van der Waals surface area contributed by atoms with Gasteiger partial charge >= 0.3 is 0 Å². The number of rotatable bonds is 5. The second-order valence-corrected chi connectivity index (χ2v) is 12.7. The maximum absolute atomic E-state index is 13.7. The number of para-hydroxylation sites is 1. The molecule has 5 nitrogen and oxygen atoms in total. The fraction of sp³-hybridized carbons (Fsp3) is 0.419. The zero-order chi connectivity index (χ0) is 25.3. The first-order valence-corrected chi connectivity index (χ1v) is 14.3. The highest BCUT2D eigenvalue weighted by atomic mass is 32.2. The fourth-order valence-electron chi connectivity index (χ4n) is 7.65. The fourth-order valence-corrected chi connectivity index (χ4v) is 8.67. The van der Waals surface area contributed by atoms with E-state index in [1.54, 1.807) is 11.9 Å². The summed E-state index contributed by atoms with van der Waals surface area (Å²) < 4.78 is 2.25. The van der Waals surface area contributed by atoms with Crippen LogP contribution in [0.4, 0.5) is 0 Å². The molecule has 0 spiro atoms. The summed E-state index contributed by atoms with van der Waals surface area (Å²) in [4.78, 5) is 21.6. The molecule has 1 amide bonds. The molecule has 190 valence electrons. The molecule has 8 rings (SSSR count). The molecular weight excluding hydrogens is 478 g/mol. The maximum atomic E-state index is 13.7. The second kappa shape index (κ2) is 8.60. The molecule has 2 aliphatic carbocycles. The number of hydrogen-bond acceptors (Lipinski definition) is 4. The van der Waals surface area contributed by atoms with Crippen molar-refractivity contribution in [2.24, 2.45) is 5.92 Å². The summed E-state index contributed by atoms with van der Waals surface area (Å²) in [7, 11) is 0. The van der Waals surface area contributed by atoms with Gasteiger partial charge in [0.1, 0.15) is 0 Å². The Morgan fingerprint density at radius 2 is 1.86 bits per heavy atom. The normalized spacial score (nSPS) is 27.3. The monoisotopic (exact) mass is 511 g/mol. The lowest BCUT2D eigenvalue weighted by Crippen LogP contribution is -2.65. The molecule has 3 atom stereocenters. The Labute approximate surface area is 222 Å². The summed E-state index contributed by atoms with van der Waals surface area (Å²) in [6, 6.07) is 17.3. The van der Waals surface area contributed by atoms with Gasteiger partial charge in [0, 0.05) is 41.7 Å². The van der Waals surface area contributed by atoms with E-state index >= 15 is 0 Å². The molecule has 2 aliphatic heterocycles. The number of benzene rings is 2. The minimum absolute atomic E-state index is 0.101. The Bertz CT molecular complexity index is 1510. The number of fused-ring (bicyclic) bond motifs is 2. The maximum Gasteiger partial charge on any atom is 0.223 e. The van der Waals surface area contributed by atoms with Crippen LogP contribution in [0, 0.1) is 12.8 Å². The Morgan fingerprint density at radius 1 is 1.11 bits per heavy atom. The van der Waals surface area contributed by atoms with Crippen LogP contribution in [0.5, 0.6) is 0 Å². The van der Waals surface area contributed by atoms with Crippen LogP contribution in [0.1, 0.15) is 62.5 Å². The molecule has 4 aliphatic rings. The number of aromatic nitrogens is 2. The van der Waals surface area contributed by atoms with Crippen LogP contribution in [0.15, 0.2) is 65.8 Å². The van der Waals surface area contributed by atoms with E-state index in [9.17, 15) is 9.90 Å². The lowest BCUT2D eigenvalue weighted by atomic mass is 9.61. The van der Waals surface area contributed by atoms with Gasteiger partial charge in [-0.05, 0) is 92.1 Å². The van der Waals surface area contributed by atoms with E-state index in [-0.39, 0.29) is 23.9 Å². The Balaban J connectivity index is 1.20. The summed E-state index contributed by atoms with van der Waals surface area (Å²) in [5, 5.41) is 13.3. The van der Waals surface area contributed by atoms with Gasteiger partial charge in [-0.25, -0.2) is 0 Å². The van der Waals surface area contributed by atoms with Crippen molar-refractivity contribution in [3.05, 3.63) is 72.1 Å². The van der Waals surface area contributed by atoms with Gasteiger partial charge in [-0.1, -0.05) is 37.3 Å². The lowest BCUT2D eigenvalue weighted by molar-refractivity contribution is -0.174. The Hall–Kier alpha value is -2.83. The third kappa shape index (κ3) is 3.88. The van der Waals surface area contributed by atoms with Crippen molar-refractivity contribution in [1.82, 2.24) is 13.9 Å². The quantitative estimate of drug-likeness (QED) is 0.334. The Kier molecular flexibility index (Phi) is 5.42. The number of hydrogen-bond donors (Lipinski definition) is 1. The van der Waals surface area contributed by atoms with E-state index in [1.807, 2.05) is 12.3 Å². The van der Waals surface area contributed by atoms with Crippen LogP contribution in [-0.4, -0.2) is 42.6 Å². The molecule has 2 aromatic carbocycles. The number of aryl methyl sites for hydroxylation is 1. The van der Waals surface area contributed by atoms with Crippen molar-refractivity contribution < 1.29 is 9.90 Å². The zero-order valence-electron chi connectivity index (χ0n) is 21.4. The first kappa shape index (κ1) is 23.3. The minimum Gasteiger partial charge on any atom is -0.390 e. The summed E-state index contributed by atoms with van der Waals surface area (Å²) >= 11 is 1.69. The molecule has 6 heteroatoms. The van der Waals surface area contributed by atoms with Crippen molar-refractivity contribution in [2.45, 2.75) is 80.9 Å². The third-order valence-electron chi connectivity index (χ3n) is 9.02. The van der Waals surface area contributed by atoms with E-state index in [0.717, 1.165) is 47.9 Å². The highest BCUT2D eigenvalue weighted by Gasteiger charge is 2.54. The SMILES string of the molecule is Cc1cccc2c1c(C(C)CC(=O)N1C3CC4CC1CC(O)(C4)C3)cn2Sc1cccc2cccnc12. The average molecular weight is 512 g/mol. The molecular formula is C31H33N3O2S. The van der Waals surface area contributed by atoms with Crippen molar-refractivity contribution in [3.63, 3.8) is 0 Å². The average Bonchev–Trinajstić information content (AvgIpc) is 3.23. The molecule has 4 heterocycles. The summed E-state index contributed by atoms with van der Waals surface area (Å²) in [6.07, 6.45) is 9.16. The molecule has 1 N–H and O–H groups in total. The smallest absolute Gasteiger partial charge is 0.223 e. The van der Waals surface area contributed by atoms with Gasteiger partial charge < -0.3 is 10.0 Å². The number of carbonyl (C=O) groups excluding carboxylic acids is 1. The molecule has 4 aromatic rings. The standard InChI is InChI=1S/C31H33N3O2S/c1-19-6-3-9-26-29(19)25(18-33(26)37-27-10-4-7-22-8-5-11-32-30(22)27)20(2)12-28(35)34-23-13-21-14-24(34)17-31(36,15-21)16-23/h3-11,18,20-21,23-24,36H,12-17H2,1-2H3. The number of piperidine rings is 2. The number of amides is 1. The topological polar surface area (TPSA) is 58.4 Å². The van der Waals surface area contributed by atoms with E-state index in [2.05, 4.69) is 76.4 Å². The predicted octanol–water partition coefficient (Wildman–Crippen LogP) is 6.45. The predicted molar refractivity (Wildman–Crippen MR) is 149 cm³/mol. The molecule has 37 heavy (non-hydrogen) atoms. The highest BCUT2D eigenvalue weighted by Crippen LogP contribution is 2.51. The summed E-state index contributed by atoms with van der Waals surface area (Å²) in [5.41, 5.74) is 4.11. The first-order valence-electron chi connectivity index (χ1n) is 13.5. The van der Waals surface area contributed by atoms with Gasteiger partial charge in [0.15, 0.2) is 0 Å². The molecule has 2 saturated heterocycles. The van der Waals surface area contributed by atoms with E-state index < -0.39 is 5.60 Å². The van der Waals surface area contributed by atoms with Crippen LogP contribution in [0.25, 0.3) is 21.8 Å². The lowest BCUT2D eigenvalue weighted by Gasteiger charge is -2.59. The van der Waals surface area contributed by atoms with E-state index in [1.165, 1.54) is 22.0 Å². The van der Waals surface area contributed by atoms with Gasteiger partial charge in [-0.15, -0.1) is 0 Å². The number of aliphatic hydroxyl groups is 1. The largest absolute Gasteiger partial charge is 0.390 e. The first-order chi connectivity index (χ1) is 17.9. The minimum atomic E-state index is -0.531. The van der Waals surface area contributed by atoms with Gasteiger partial charge in [0.25, 0.3) is 0 Å². The second-order valence-electron chi connectivity index (χ2n) is 11.7. The van der Waals surface area contributed by atoms with E-state index in [4.69, 9.17) is 0 Å². The van der Waals surface area contributed by atoms with Crippen LogP contribution in [0.3, 0.4) is 0 Å². The molecule has 2 saturated carbocycles. The number of nitrogens with zero attached hydrogens (tertiary/aromatic N) is 3. The van der Waals surface area contributed by atoms with Crippen LogP contribution in [-0.2, 0) is 4.79 Å². The molecule has 4 bridgehead atoms. The number of carbonyl (C=O) groups is 1. The number of pyridine rings is 1. The van der Waals surface area contributed by atoms with Gasteiger partial charge in [-0.2, -0.15) is 0 Å². The molecule has 3 unspecified atom stereocenters. The zero-order valence-corrected chi connectivity index (χ0v) is 22.2. The van der Waals surface area contributed by atoms with Crippen molar-refractivity contribution in [1.29, 1.82) is 0 Å². The van der Waals surface area contributed by atoms with Crippen LogP contribution in [0.2, 0.25) is 0 Å². The van der Waals surface area contributed by atoms with Crippen molar-refractivity contribution in [2.75, 3.05) is 0 Å². The van der Waals surface area contributed by atoms with Gasteiger partial charge in [-0.3, -0.25) is 13.8 Å². The highest BCUT2D eigenvalue weighted by molar-refractivity contribution is 7.98. The van der Waals surface area contributed by atoms with Crippen molar-refractivity contribution >= 4 is 39.7 Å². The summed E-state index contributed by atoms with van der Waals surface area (Å²) in [6.45, 7) is 4.36. The molecule has 0 radical (unpaired) electrons. The van der Waals surface area contributed by atoms with Crippen LogP contribution < -0.4 is 0 Å². The molecule has 4 fully saturated rings. The Morgan fingerprint density at radius 3 is 2.65 bits per heavy atom. The third-order valence-corrected chi connectivity index (χ3v) is 10.0. The molecule has 2 aromatic heterocycles. The van der Waals surface area contributed by atoms with Gasteiger partial charge in [0.05, 0.1) is 21.5 Å².